The molecule has 0 spiro atoms. The predicted molar refractivity (Wildman–Crippen MR) is 95.0 cm³/mol. The monoisotopic (exact) mass is 359 g/mol. The molecule has 5 nitrogen and oxygen atoms in total. The van der Waals surface area contributed by atoms with Crippen molar-refractivity contribution < 1.29 is 23.8 Å². The Kier molecular flexibility index (Phi) is 5.71. The molecular weight excluding hydrogens is 337 g/mol. The summed E-state index contributed by atoms with van der Waals surface area (Å²) in [5.41, 5.74) is 1.93. The number of aryl methyl sites for hydroxylation is 1. The molecule has 0 saturated heterocycles. The largest absolute Gasteiger partial charge is 0.490 e. The second-order valence-corrected chi connectivity index (χ2v) is 6.48. The fourth-order valence-electron chi connectivity index (χ4n) is 2.76. The highest BCUT2D eigenvalue weighted by atomic mass is 19.1. The lowest BCUT2D eigenvalue weighted by atomic mass is 9.96. The molecule has 0 bridgehead atoms. The number of pyridine rings is 1. The quantitative estimate of drug-likeness (QED) is 0.709. The zero-order valence-electron chi connectivity index (χ0n) is 14.7. The van der Waals surface area contributed by atoms with Crippen LogP contribution in [0, 0.1) is 12.7 Å². The third-order valence-corrected chi connectivity index (χ3v) is 4.37. The van der Waals surface area contributed by atoms with Gasteiger partial charge in [0.15, 0.2) is 11.6 Å². The van der Waals surface area contributed by atoms with Crippen molar-refractivity contribution in [1.29, 1.82) is 0 Å². The molecule has 0 atom stereocenters. The molecule has 1 aromatic carbocycles. The number of carboxylic acid groups (broad SMARTS) is 1. The maximum Gasteiger partial charge on any atom is 0.303 e. The van der Waals surface area contributed by atoms with Crippen LogP contribution in [-0.2, 0) is 4.79 Å². The van der Waals surface area contributed by atoms with Gasteiger partial charge < -0.3 is 14.6 Å². The van der Waals surface area contributed by atoms with Gasteiger partial charge in [-0.05, 0) is 56.4 Å². The maximum atomic E-state index is 14.5. The SMILES string of the molecule is Cc1cc(-c2cccc(OC3CCC3)n2)cc(F)c1OCCCC(=O)O. The van der Waals surface area contributed by atoms with Gasteiger partial charge in [0.1, 0.15) is 6.10 Å². The first-order chi connectivity index (χ1) is 12.5. The van der Waals surface area contributed by atoms with Crippen LogP contribution in [-0.4, -0.2) is 28.8 Å². The Balaban J connectivity index is 1.72. The Labute approximate surface area is 151 Å². The van der Waals surface area contributed by atoms with Gasteiger partial charge in [0, 0.05) is 18.1 Å². The van der Waals surface area contributed by atoms with Crippen LogP contribution in [0.3, 0.4) is 0 Å². The number of carboxylic acids is 1. The van der Waals surface area contributed by atoms with E-state index in [1.807, 2.05) is 24.3 Å². The molecule has 1 N–H and O–H groups in total. The Morgan fingerprint density at radius 1 is 1.35 bits per heavy atom. The van der Waals surface area contributed by atoms with Crippen LogP contribution in [0.15, 0.2) is 30.3 Å². The standard InChI is InChI=1S/C20H22FNO4/c1-13-11-14(12-16(21)20(13)25-10-4-9-19(23)24)17-7-3-8-18(22-17)26-15-5-2-6-15/h3,7-8,11-12,15H,2,4-6,9-10H2,1H3,(H,23,24). The summed E-state index contributed by atoms with van der Waals surface area (Å²) in [7, 11) is 0. The first-order valence-electron chi connectivity index (χ1n) is 8.82. The van der Waals surface area contributed by atoms with E-state index in [1.165, 1.54) is 12.5 Å². The van der Waals surface area contributed by atoms with Crippen molar-refractivity contribution in [3.05, 3.63) is 41.7 Å². The van der Waals surface area contributed by atoms with Gasteiger partial charge in [-0.1, -0.05) is 6.07 Å². The molecule has 1 fully saturated rings. The van der Waals surface area contributed by atoms with Crippen LogP contribution in [0.2, 0.25) is 0 Å². The van der Waals surface area contributed by atoms with E-state index in [2.05, 4.69) is 4.98 Å². The molecule has 6 heteroatoms. The summed E-state index contributed by atoms with van der Waals surface area (Å²) in [4.78, 5) is 15.0. The van der Waals surface area contributed by atoms with E-state index in [9.17, 15) is 9.18 Å². The highest BCUT2D eigenvalue weighted by Gasteiger charge is 2.20. The maximum absolute atomic E-state index is 14.5. The van der Waals surface area contributed by atoms with Gasteiger partial charge in [-0.25, -0.2) is 9.37 Å². The number of halogens is 1. The number of aromatic nitrogens is 1. The highest BCUT2D eigenvalue weighted by Crippen LogP contribution is 2.30. The number of benzene rings is 1. The highest BCUT2D eigenvalue weighted by molar-refractivity contribution is 5.66. The van der Waals surface area contributed by atoms with E-state index in [0.717, 1.165) is 12.8 Å². The summed E-state index contributed by atoms with van der Waals surface area (Å²) >= 11 is 0. The van der Waals surface area contributed by atoms with Crippen molar-refractivity contribution in [2.24, 2.45) is 0 Å². The average molecular weight is 359 g/mol. The van der Waals surface area contributed by atoms with Crippen molar-refractivity contribution in [2.45, 2.75) is 45.1 Å². The molecule has 0 unspecified atom stereocenters. The lowest BCUT2D eigenvalue weighted by molar-refractivity contribution is -0.137. The van der Waals surface area contributed by atoms with Gasteiger partial charge >= 0.3 is 5.97 Å². The molecule has 1 aliphatic rings. The third kappa shape index (κ3) is 4.50. The molecule has 0 amide bonds. The van der Waals surface area contributed by atoms with Crippen LogP contribution in [0.5, 0.6) is 11.6 Å². The summed E-state index contributed by atoms with van der Waals surface area (Å²) < 4.78 is 25.7. The fourth-order valence-corrected chi connectivity index (χ4v) is 2.76. The molecule has 138 valence electrons. The Morgan fingerprint density at radius 2 is 2.15 bits per heavy atom. The van der Waals surface area contributed by atoms with E-state index < -0.39 is 11.8 Å². The molecule has 0 aliphatic heterocycles. The van der Waals surface area contributed by atoms with Crippen molar-refractivity contribution in [1.82, 2.24) is 4.98 Å². The van der Waals surface area contributed by atoms with Crippen LogP contribution >= 0.6 is 0 Å². The van der Waals surface area contributed by atoms with Gasteiger partial charge in [0.2, 0.25) is 5.88 Å². The van der Waals surface area contributed by atoms with Crippen LogP contribution in [0.1, 0.15) is 37.7 Å². The van der Waals surface area contributed by atoms with E-state index in [4.69, 9.17) is 14.6 Å². The first-order valence-corrected chi connectivity index (χ1v) is 8.82. The van der Waals surface area contributed by atoms with Gasteiger partial charge in [-0.3, -0.25) is 4.79 Å². The molecule has 1 saturated carbocycles. The molecule has 26 heavy (non-hydrogen) atoms. The lowest BCUT2D eigenvalue weighted by Gasteiger charge is -2.25. The fraction of sp³-hybridized carbons (Fsp3) is 0.400. The summed E-state index contributed by atoms with van der Waals surface area (Å²) in [6, 6.07) is 8.67. The van der Waals surface area contributed by atoms with Gasteiger partial charge in [-0.2, -0.15) is 0 Å². The summed E-state index contributed by atoms with van der Waals surface area (Å²) in [6.07, 6.45) is 3.84. The zero-order valence-corrected chi connectivity index (χ0v) is 14.7. The molecule has 1 heterocycles. The molecule has 3 rings (SSSR count). The van der Waals surface area contributed by atoms with E-state index in [0.29, 0.717) is 29.1 Å². The minimum absolute atomic E-state index is 0.00352. The molecule has 0 radical (unpaired) electrons. The van der Waals surface area contributed by atoms with Gasteiger partial charge in [0.05, 0.1) is 12.3 Å². The van der Waals surface area contributed by atoms with Crippen molar-refractivity contribution in [3.63, 3.8) is 0 Å². The Morgan fingerprint density at radius 3 is 2.81 bits per heavy atom. The molecule has 2 aromatic rings. The van der Waals surface area contributed by atoms with Crippen LogP contribution < -0.4 is 9.47 Å². The minimum atomic E-state index is -0.892. The van der Waals surface area contributed by atoms with E-state index in [1.54, 1.807) is 6.92 Å². The third-order valence-electron chi connectivity index (χ3n) is 4.37. The van der Waals surface area contributed by atoms with Crippen LogP contribution in [0.25, 0.3) is 11.3 Å². The average Bonchev–Trinajstić information content (AvgIpc) is 2.56. The van der Waals surface area contributed by atoms with Gasteiger partial charge in [-0.15, -0.1) is 0 Å². The summed E-state index contributed by atoms with van der Waals surface area (Å²) in [5, 5.41) is 8.63. The number of rotatable bonds is 8. The van der Waals surface area contributed by atoms with Crippen molar-refractivity contribution in [3.8, 4) is 22.9 Å². The number of nitrogens with zero attached hydrogens (tertiary/aromatic N) is 1. The summed E-state index contributed by atoms with van der Waals surface area (Å²) in [6.45, 7) is 1.92. The Hall–Kier alpha value is -2.63. The topological polar surface area (TPSA) is 68.7 Å². The minimum Gasteiger partial charge on any atom is -0.490 e. The van der Waals surface area contributed by atoms with Crippen LogP contribution in [0.4, 0.5) is 4.39 Å². The zero-order chi connectivity index (χ0) is 18.5. The smallest absolute Gasteiger partial charge is 0.303 e. The number of ether oxygens (including phenoxy) is 2. The second kappa shape index (κ2) is 8.17. The van der Waals surface area contributed by atoms with E-state index >= 15 is 0 Å². The van der Waals surface area contributed by atoms with Crippen molar-refractivity contribution in [2.75, 3.05) is 6.61 Å². The molecular formula is C20H22FNO4. The van der Waals surface area contributed by atoms with E-state index in [-0.39, 0.29) is 24.9 Å². The summed E-state index contributed by atoms with van der Waals surface area (Å²) in [5.74, 6) is -0.668. The lowest BCUT2D eigenvalue weighted by Crippen LogP contribution is -2.24. The normalized spacial score (nSPS) is 13.9. The number of hydrogen-bond acceptors (Lipinski definition) is 4. The second-order valence-electron chi connectivity index (χ2n) is 6.48. The Bertz CT molecular complexity index is 766. The molecule has 1 aliphatic carbocycles. The molecule has 1 aromatic heterocycles. The first kappa shape index (κ1) is 18.2. The number of carbonyl (C=O) groups is 1. The van der Waals surface area contributed by atoms with Gasteiger partial charge in [0.25, 0.3) is 0 Å². The number of aliphatic carboxylic acids is 1. The number of hydrogen-bond donors (Lipinski definition) is 1. The van der Waals surface area contributed by atoms with Crippen molar-refractivity contribution >= 4 is 5.97 Å². The predicted octanol–water partition coefficient (Wildman–Crippen LogP) is 4.37.